The number of benzene rings is 3. The van der Waals surface area contributed by atoms with Crippen LogP contribution in [0.5, 0.6) is 11.5 Å². The van der Waals surface area contributed by atoms with Gasteiger partial charge in [-0.05, 0) is 28.8 Å². The number of hydrogen-bond acceptors (Lipinski definition) is 4. The molecular formula is C25H21BrN2O3. The van der Waals surface area contributed by atoms with Crippen LogP contribution in [0.15, 0.2) is 65.7 Å². The van der Waals surface area contributed by atoms with E-state index >= 15 is 0 Å². The Bertz CT molecular complexity index is 1190. The summed E-state index contributed by atoms with van der Waals surface area (Å²) in [4.78, 5) is 19.9. The van der Waals surface area contributed by atoms with Crippen molar-refractivity contribution >= 4 is 39.4 Å². The topological polar surface area (TPSA) is 51.1 Å². The van der Waals surface area contributed by atoms with Crippen molar-refractivity contribution in [2.45, 2.75) is 24.4 Å². The summed E-state index contributed by atoms with van der Waals surface area (Å²) < 4.78 is 11.6. The lowest BCUT2D eigenvalue weighted by molar-refractivity contribution is 0.0986. The number of ether oxygens (including phenoxy) is 2. The van der Waals surface area contributed by atoms with Crippen molar-refractivity contribution in [2.24, 2.45) is 4.99 Å². The Morgan fingerprint density at radius 3 is 2.74 bits per heavy atom. The van der Waals surface area contributed by atoms with Crippen LogP contribution in [0.1, 0.15) is 27.0 Å². The predicted molar refractivity (Wildman–Crippen MR) is 125 cm³/mol. The third kappa shape index (κ3) is 3.61. The second-order valence-electron chi connectivity index (χ2n) is 7.62. The molecule has 0 aromatic heterocycles. The number of halogens is 1. The van der Waals surface area contributed by atoms with Crippen molar-refractivity contribution in [1.82, 2.24) is 0 Å². The molecule has 0 N–H and O–H groups in total. The second kappa shape index (κ2) is 8.19. The summed E-state index contributed by atoms with van der Waals surface area (Å²) in [5, 5.41) is 0.792. The number of para-hydroxylation sites is 1. The lowest BCUT2D eigenvalue weighted by Gasteiger charge is -2.22. The highest BCUT2D eigenvalue weighted by molar-refractivity contribution is 9.08. The van der Waals surface area contributed by atoms with Gasteiger partial charge in [0.15, 0.2) is 11.5 Å². The van der Waals surface area contributed by atoms with E-state index in [9.17, 15) is 4.79 Å². The molecule has 0 radical (unpaired) electrons. The van der Waals surface area contributed by atoms with Gasteiger partial charge >= 0.3 is 0 Å². The summed E-state index contributed by atoms with van der Waals surface area (Å²) in [5.74, 6) is 1.01. The van der Waals surface area contributed by atoms with Crippen molar-refractivity contribution in [3.63, 3.8) is 0 Å². The normalized spacial score (nSPS) is 16.4. The van der Waals surface area contributed by atoms with E-state index in [-0.39, 0.29) is 11.9 Å². The van der Waals surface area contributed by atoms with Crippen LogP contribution in [-0.4, -0.2) is 25.3 Å². The van der Waals surface area contributed by atoms with Gasteiger partial charge in [0.25, 0.3) is 5.91 Å². The molecule has 0 unspecified atom stereocenters. The van der Waals surface area contributed by atoms with Crippen molar-refractivity contribution in [3.8, 4) is 11.5 Å². The predicted octanol–water partition coefficient (Wildman–Crippen LogP) is 5.46. The number of methoxy groups -OCH3 is 1. The maximum absolute atomic E-state index is 13.5. The van der Waals surface area contributed by atoms with Crippen molar-refractivity contribution in [1.29, 1.82) is 0 Å². The Hall–Kier alpha value is -3.12. The molecule has 0 saturated heterocycles. The van der Waals surface area contributed by atoms with Gasteiger partial charge in [-0.1, -0.05) is 58.4 Å². The molecule has 3 aromatic rings. The van der Waals surface area contributed by atoms with Crippen LogP contribution in [0, 0.1) is 0 Å². The van der Waals surface area contributed by atoms with Gasteiger partial charge in [0.1, 0.15) is 6.61 Å². The highest BCUT2D eigenvalue weighted by Crippen LogP contribution is 2.41. The summed E-state index contributed by atoms with van der Waals surface area (Å²) in [6.45, 7) is 0.399. The van der Waals surface area contributed by atoms with E-state index in [1.54, 1.807) is 19.2 Å². The van der Waals surface area contributed by atoms with Crippen LogP contribution in [0.25, 0.3) is 0 Å². The summed E-state index contributed by atoms with van der Waals surface area (Å²) in [6.07, 6.45) is 2.63. The zero-order valence-corrected chi connectivity index (χ0v) is 18.6. The molecule has 0 bridgehead atoms. The average molecular weight is 477 g/mol. The van der Waals surface area contributed by atoms with Crippen LogP contribution in [-0.2, 0) is 18.4 Å². The van der Waals surface area contributed by atoms with Gasteiger partial charge in [-0.15, -0.1) is 0 Å². The highest BCUT2D eigenvalue weighted by Gasteiger charge is 2.36. The first-order valence-corrected chi connectivity index (χ1v) is 11.2. The van der Waals surface area contributed by atoms with Gasteiger partial charge in [-0.25, -0.2) is 0 Å². The first-order valence-electron chi connectivity index (χ1n) is 10.1. The van der Waals surface area contributed by atoms with Gasteiger partial charge in [-0.2, -0.15) is 0 Å². The summed E-state index contributed by atoms with van der Waals surface area (Å²) in [7, 11) is 1.58. The summed E-state index contributed by atoms with van der Waals surface area (Å²) in [6, 6.07) is 19.7. The van der Waals surface area contributed by atoms with E-state index in [0.717, 1.165) is 28.6 Å². The van der Waals surface area contributed by atoms with Gasteiger partial charge in [0, 0.05) is 29.7 Å². The van der Waals surface area contributed by atoms with Crippen LogP contribution >= 0.6 is 15.9 Å². The number of carbonyl (C=O) groups is 1. The minimum atomic E-state index is -0.0837. The van der Waals surface area contributed by atoms with Crippen LogP contribution in [0.2, 0.25) is 0 Å². The second-order valence-corrected chi connectivity index (χ2v) is 8.18. The fourth-order valence-electron chi connectivity index (χ4n) is 4.15. The van der Waals surface area contributed by atoms with E-state index in [2.05, 4.69) is 39.1 Å². The quantitative estimate of drug-likeness (QED) is 0.459. The minimum Gasteiger partial charge on any atom is -0.493 e. The molecule has 0 fully saturated rings. The van der Waals surface area contributed by atoms with Crippen LogP contribution in [0.4, 0.5) is 11.4 Å². The smallest absolute Gasteiger partial charge is 0.261 e. The van der Waals surface area contributed by atoms with Crippen molar-refractivity contribution in [3.05, 3.63) is 82.9 Å². The first kappa shape index (κ1) is 19.8. The number of hydrogen-bond donors (Lipinski definition) is 0. The van der Waals surface area contributed by atoms with Crippen molar-refractivity contribution in [2.75, 3.05) is 12.0 Å². The zero-order chi connectivity index (χ0) is 21.4. The molecule has 5 rings (SSSR count). The van der Waals surface area contributed by atoms with Gasteiger partial charge in [0.2, 0.25) is 0 Å². The molecule has 0 aliphatic carbocycles. The monoisotopic (exact) mass is 476 g/mol. The number of alkyl halides is 1. The van der Waals surface area contributed by atoms with Gasteiger partial charge in [0.05, 0.1) is 24.4 Å². The molecular weight excluding hydrogens is 456 g/mol. The minimum absolute atomic E-state index is 0.0719. The lowest BCUT2D eigenvalue weighted by Crippen LogP contribution is -2.37. The van der Waals surface area contributed by atoms with E-state index in [1.165, 1.54) is 5.56 Å². The molecule has 1 atom stereocenters. The number of aliphatic imine (C=N–C) groups is 1. The fourth-order valence-corrected chi connectivity index (χ4v) is 4.50. The maximum atomic E-state index is 13.5. The number of rotatable bonds is 5. The standard InChI is InChI=1S/C25H21BrN2O3/c1-30-23-11-20-21(12-24(23)31-15-17-6-4-5-16(9-17)13-26)27-14-19-10-18-7-2-3-8-22(18)28(19)25(20)29/h2-9,11-12,14,19H,10,13,15H2,1H3/t19-/m0/s1. The molecule has 2 aliphatic rings. The number of nitrogens with zero attached hydrogens (tertiary/aromatic N) is 2. The molecule has 6 heteroatoms. The SMILES string of the molecule is COc1cc2c(cc1OCc1cccc(CBr)c1)N=C[C@@H]1Cc3ccccc3N1C2=O. The fraction of sp³-hybridized carbons (Fsp3) is 0.200. The molecule has 156 valence electrons. The Kier molecular flexibility index (Phi) is 5.24. The third-order valence-electron chi connectivity index (χ3n) is 5.67. The molecule has 5 nitrogen and oxygen atoms in total. The van der Waals surface area contributed by atoms with Gasteiger partial charge < -0.3 is 9.47 Å². The Labute approximate surface area is 189 Å². The molecule has 0 spiro atoms. The molecule has 3 aromatic carbocycles. The Balaban J connectivity index is 1.47. The molecule has 2 aliphatic heterocycles. The van der Waals surface area contributed by atoms with E-state index in [1.807, 2.05) is 41.4 Å². The van der Waals surface area contributed by atoms with Crippen molar-refractivity contribution < 1.29 is 14.3 Å². The Morgan fingerprint density at radius 1 is 1.06 bits per heavy atom. The molecule has 0 saturated carbocycles. The molecule has 2 heterocycles. The number of amides is 1. The third-order valence-corrected chi connectivity index (χ3v) is 6.32. The number of anilines is 1. The Morgan fingerprint density at radius 2 is 1.90 bits per heavy atom. The largest absolute Gasteiger partial charge is 0.493 e. The van der Waals surface area contributed by atoms with E-state index < -0.39 is 0 Å². The molecule has 31 heavy (non-hydrogen) atoms. The first-order chi connectivity index (χ1) is 15.2. The van der Waals surface area contributed by atoms with Crippen LogP contribution in [0.3, 0.4) is 0 Å². The van der Waals surface area contributed by atoms with E-state index in [0.29, 0.717) is 29.4 Å². The van der Waals surface area contributed by atoms with E-state index in [4.69, 9.17) is 9.47 Å². The maximum Gasteiger partial charge on any atom is 0.261 e. The van der Waals surface area contributed by atoms with Crippen LogP contribution < -0.4 is 14.4 Å². The lowest BCUT2D eigenvalue weighted by atomic mass is 10.1. The summed E-state index contributed by atoms with van der Waals surface area (Å²) >= 11 is 3.48. The van der Waals surface area contributed by atoms with Gasteiger partial charge in [-0.3, -0.25) is 14.7 Å². The average Bonchev–Trinajstić information content (AvgIpc) is 3.13. The highest BCUT2D eigenvalue weighted by atomic mass is 79.9. The zero-order valence-electron chi connectivity index (χ0n) is 17.0. The number of carbonyl (C=O) groups excluding carboxylic acids is 1. The summed E-state index contributed by atoms with van der Waals surface area (Å²) in [5.41, 5.74) is 5.47. The number of fused-ring (bicyclic) bond motifs is 4. The molecule has 1 amide bonds.